The van der Waals surface area contributed by atoms with Gasteiger partial charge in [-0.1, -0.05) is 11.6 Å². The molecule has 0 aliphatic heterocycles. The van der Waals surface area contributed by atoms with Crippen LogP contribution in [0.1, 0.15) is 11.5 Å². The monoisotopic (exact) mass is 358 g/mol. The molecule has 0 saturated heterocycles. The van der Waals surface area contributed by atoms with Crippen LogP contribution in [0.3, 0.4) is 0 Å². The summed E-state index contributed by atoms with van der Waals surface area (Å²) < 4.78 is 1.58. The number of hydrogen-bond acceptors (Lipinski definition) is 5. The topological polar surface area (TPSA) is 90.9 Å². The molecule has 2 rings (SSSR count). The first-order valence-electron chi connectivity index (χ1n) is 5.41. The van der Waals surface area contributed by atoms with E-state index in [9.17, 15) is 14.9 Å². The van der Waals surface area contributed by atoms with Crippen LogP contribution in [0, 0.1) is 17.0 Å². The number of halogens is 2. The third-order valence-corrected chi connectivity index (χ3v) is 3.04. The average Bonchev–Trinajstić information content (AvgIpc) is 2.31. The molecule has 0 saturated carbocycles. The highest BCUT2D eigenvalue weighted by Crippen LogP contribution is 2.14. The number of nitro groups is 1. The Morgan fingerprint density at radius 2 is 2.15 bits per heavy atom. The zero-order valence-corrected chi connectivity index (χ0v) is 12.6. The summed E-state index contributed by atoms with van der Waals surface area (Å²) in [5.41, 5.74) is -0.588. The summed E-state index contributed by atoms with van der Waals surface area (Å²) in [7, 11) is 0. The number of aryl methyl sites for hydroxylation is 1. The quantitative estimate of drug-likeness (QED) is 0.476. The lowest BCUT2D eigenvalue weighted by Gasteiger charge is -2.06. The Bertz CT molecular complexity index is 727. The fourth-order valence-electron chi connectivity index (χ4n) is 1.64. The molecule has 0 unspecified atom stereocenters. The van der Waals surface area contributed by atoms with E-state index in [0.29, 0.717) is 16.0 Å². The van der Waals surface area contributed by atoms with Crippen molar-refractivity contribution in [3.63, 3.8) is 0 Å². The predicted octanol–water partition coefficient (Wildman–Crippen LogP) is 2.32. The van der Waals surface area contributed by atoms with Gasteiger partial charge in [0.1, 0.15) is 11.0 Å². The molecular weight excluding hydrogens is 352 g/mol. The summed E-state index contributed by atoms with van der Waals surface area (Å²) in [6.07, 6.45) is 1.44. The van der Waals surface area contributed by atoms with E-state index < -0.39 is 16.2 Å². The minimum Gasteiger partial charge on any atom is -0.301 e. The first-order chi connectivity index (χ1) is 9.36. The molecular formula is C11H8BrClN4O3. The molecule has 0 aromatic carbocycles. The van der Waals surface area contributed by atoms with Gasteiger partial charge in [-0.2, -0.15) is 0 Å². The highest BCUT2D eigenvalue weighted by atomic mass is 79.9. The van der Waals surface area contributed by atoms with Crippen LogP contribution in [0.5, 0.6) is 0 Å². The van der Waals surface area contributed by atoms with Crippen LogP contribution in [0.2, 0.25) is 5.15 Å². The van der Waals surface area contributed by atoms with Gasteiger partial charge in [-0.05, 0) is 28.9 Å². The summed E-state index contributed by atoms with van der Waals surface area (Å²) in [5.74, 6) is 0.310. The lowest BCUT2D eigenvalue weighted by molar-refractivity contribution is -0.386. The molecule has 0 N–H and O–H groups in total. The second-order valence-corrected chi connectivity index (χ2v) is 5.28. The molecule has 0 aliphatic rings. The summed E-state index contributed by atoms with van der Waals surface area (Å²) in [5, 5.41) is 11.1. The third-order valence-electron chi connectivity index (χ3n) is 2.41. The first kappa shape index (κ1) is 14.6. The number of rotatable bonds is 3. The number of aromatic nitrogens is 3. The van der Waals surface area contributed by atoms with Crippen molar-refractivity contribution in [3.05, 3.63) is 59.9 Å². The maximum Gasteiger partial charge on any atom is 0.335 e. The van der Waals surface area contributed by atoms with Crippen LogP contribution < -0.4 is 5.56 Å². The zero-order chi connectivity index (χ0) is 14.9. The van der Waals surface area contributed by atoms with E-state index in [2.05, 4.69) is 25.9 Å². The molecule has 2 aromatic rings. The van der Waals surface area contributed by atoms with Crippen LogP contribution in [0.15, 0.2) is 27.6 Å². The van der Waals surface area contributed by atoms with E-state index in [0.717, 1.165) is 10.6 Å². The molecule has 0 radical (unpaired) electrons. The molecule has 0 atom stereocenters. The maximum atomic E-state index is 11.9. The van der Waals surface area contributed by atoms with Gasteiger partial charge in [-0.15, -0.1) is 0 Å². The summed E-state index contributed by atoms with van der Waals surface area (Å²) >= 11 is 8.94. The molecule has 2 heterocycles. The number of pyridine rings is 1. The van der Waals surface area contributed by atoms with E-state index in [4.69, 9.17) is 11.6 Å². The van der Waals surface area contributed by atoms with Crippen molar-refractivity contribution >= 4 is 33.2 Å². The van der Waals surface area contributed by atoms with Gasteiger partial charge in [0.05, 0.1) is 11.5 Å². The van der Waals surface area contributed by atoms with Gasteiger partial charge in [-0.3, -0.25) is 14.9 Å². The number of nitrogens with zero attached hydrogens (tertiary/aromatic N) is 4. The fourth-order valence-corrected chi connectivity index (χ4v) is 2.36. The summed E-state index contributed by atoms with van der Waals surface area (Å²) in [4.78, 5) is 30.1. The van der Waals surface area contributed by atoms with Gasteiger partial charge < -0.3 is 4.57 Å². The van der Waals surface area contributed by atoms with Crippen LogP contribution in [0.25, 0.3) is 0 Å². The van der Waals surface area contributed by atoms with Crippen LogP contribution in [0.4, 0.5) is 5.69 Å². The Morgan fingerprint density at radius 3 is 2.75 bits per heavy atom. The van der Waals surface area contributed by atoms with Crippen LogP contribution in [-0.4, -0.2) is 19.5 Å². The Kier molecular flexibility index (Phi) is 4.15. The third kappa shape index (κ3) is 3.20. The zero-order valence-electron chi connectivity index (χ0n) is 10.2. The minimum absolute atomic E-state index is 0.000509. The molecule has 7 nitrogen and oxygen atoms in total. The van der Waals surface area contributed by atoms with Crippen molar-refractivity contribution in [2.45, 2.75) is 13.5 Å². The van der Waals surface area contributed by atoms with Crippen molar-refractivity contribution in [2.75, 3.05) is 0 Å². The van der Waals surface area contributed by atoms with Crippen molar-refractivity contribution in [2.24, 2.45) is 0 Å². The van der Waals surface area contributed by atoms with Crippen LogP contribution >= 0.6 is 27.5 Å². The largest absolute Gasteiger partial charge is 0.335 e. The molecule has 0 spiro atoms. The average molecular weight is 360 g/mol. The lowest BCUT2D eigenvalue weighted by atomic mass is 10.4. The number of hydrogen-bond donors (Lipinski definition) is 0. The van der Waals surface area contributed by atoms with Gasteiger partial charge >= 0.3 is 11.2 Å². The van der Waals surface area contributed by atoms with E-state index in [1.807, 2.05) is 0 Å². The van der Waals surface area contributed by atoms with E-state index in [-0.39, 0.29) is 11.7 Å². The summed E-state index contributed by atoms with van der Waals surface area (Å²) in [6.45, 7) is 1.74. The normalized spacial score (nSPS) is 10.6. The highest BCUT2D eigenvalue weighted by molar-refractivity contribution is 9.10. The van der Waals surface area contributed by atoms with Gasteiger partial charge in [0.25, 0.3) is 0 Å². The van der Waals surface area contributed by atoms with Crippen molar-refractivity contribution in [3.8, 4) is 0 Å². The Hall–Kier alpha value is -1.80. The standard InChI is InChI=1S/C11H8BrClN4O3/c1-6-2-9(13)15-10(14-6)5-16-4-7(12)3-8(11(16)18)17(19)20/h2-4H,5H2,1H3. The van der Waals surface area contributed by atoms with E-state index in [1.165, 1.54) is 6.20 Å². The van der Waals surface area contributed by atoms with Crippen molar-refractivity contribution < 1.29 is 4.92 Å². The van der Waals surface area contributed by atoms with Crippen LogP contribution in [-0.2, 0) is 6.54 Å². The van der Waals surface area contributed by atoms with Crippen molar-refractivity contribution in [1.82, 2.24) is 14.5 Å². The fraction of sp³-hybridized carbons (Fsp3) is 0.182. The molecule has 9 heteroatoms. The molecule has 20 heavy (non-hydrogen) atoms. The van der Waals surface area contributed by atoms with Gasteiger partial charge in [-0.25, -0.2) is 9.97 Å². The molecule has 0 amide bonds. The molecule has 2 aromatic heterocycles. The molecule has 0 aliphatic carbocycles. The molecule has 104 valence electrons. The van der Waals surface area contributed by atoms with Crippen molar-refractivity contribution in [1.29, 1.82) is 0 Å². The lowest BCUT2D eigenvalue weighted by Crippen LogP contribution is -2.23. The SMILES string of the molecule is Cc1cc(Cl)nc(Cn2cc(Br)cc([N+](=O)[O-])c2=O)n1. The maximum absolute atomic E-state index is 11.9. The van der Waals surface area contributed by atoms with E-state index >= 15 is 0 Å². The van der Waals surface area contributed by atoms with Gasteiger partial charge in [0.15, 0.2) is 0 Å². The Labute approximate surface area is 126 Å². The van der Waals surface area contributed by atoms with Gasteiger partial charge in [0, 0.05) is 22.4 Å². The predicted molar refractivity (Wildman–Crippen MR) is 75.9 cm³/mol. The molecule has 0 bridgehead atoms. The summed E-state index contributed by atoms with van der Waals surface area (Å²) in [6, 6.07) is 2.74. The Morgan fingerprint density at radius 1 is 1.45 bits per heavy atom. The minimum atomic E-state index is -0.728. The van der Waals surface area contributed by atoms with E-state index in [1.54, 1.807) is 13.0 Å². The first-order valence-corrected chi connectivity index (χ1v) is 6.58. The second-order valence-electron chi connectivity index (χ2n) is 3.98. The Balaban J connectivity index is 2.48. The second kappa shape index (κ2) is 5.68. The van der Waals surface area contributed by atoms with Gasteiger partial charge in [0.2, 0.25) is 0 Å². The smallest absolute Gasteiger partial charge is 0.301 e. The molecule has 0 fully saturated rings. The highest BCUT2D eigenvalue weighted by Gasteiger charge is 2.16.